The molecule has 5 nitrogen and oxygen atoms in total. The Bertz CT molecular complexity index is 857. The van der Waals surface area contributed by atoms with Gasteiger partial charge < -0.3 is 14.6 Å². The number of nitrogens with zero attached hydrogens (tertiary/aromatic N) is 1. The summed E-state index contributed by atoms with van der Waals surface area (Å²) in [5.74, 6) is 1.31. The fourth-order valence-corrected chi connectivity index (χ4v) is 4.70. The van der Waals surface area contributed by atoms with Crippen molar-refractivity contribution in [2.45, 2.75) is 50.4 Å². The number of nitrogens with one attached hydrogen (secondary N) is 1. The molecule has 1 aromatic heterocycles. The van der Waals surface area contributed by atoms with Gasteiger partial charge in [0.2, 0.25) is 5.91 Å². The number of carbonyl (C=O) groups excluding carboxylic acids is 1. The minimum absolute atomic E-state index is 0.0448. The van der Waals surface area contributed by atoms with Gasteiger partial charge in [-0.3, -0.25) is 4.79 Å². The molecule has 5 rings (SSSR count). The number of hydrogen-bond acceptors (Lipinski definition) is 4. The van der Waals surface area contributed by atoms with E-state index in [-0.39, 0.29) is 24.0 Å². The molecule has 3 aliphatic rings. The third-order valence-electron chi connectivity index (χ3n) is 5.60. The van der Waals surface area contributed by atoms with Crippen molar-refractivity contribution in [2.24, 2.45) is 5.92 Å². The molecule has 2 aliphatic carbocycles. The molecule has 26 heavy (non-hydrogen) atoms. The highest BCUT2D eigenvalue weighted by Gasteiger charge is 2.46. The molecule has 1 aliphatic heterocycles. The van der Waals surface area contributed by atoms with Gasteiger partial charge in [0.1, 0.15) is 11.5 Å². The zero-order chi connectivity index (χ0) is 17.8. The molecule has 136 valence electrons. The Balaban J connectivity index is 1.46. The van der Waals surface area contributed by atoms with Crippen molar-refractivity contribution >= 4 is 29.1 Å². The van der Waals surface area contributed by atoms with Gasteiger partial charge in [0.15, 0.2) is 0 Å². The first-order valence-corrected chi connectivity index (χ1v) is 9.72. The third-order valence-corrected chi connectivity index (χ3v) is 6.23. The van der Waals surface area contributed by atoms with Crippen LogP contribution in [0.5, 0.6) is 0 Å². The van der Waals surface area contributed by atoms with E-state index in [9.17, 15) is 4.79 Å². The van der Waals surface area contributed by atoms with Gasteiger partial charge >= 0.3 is 0 Å². The first kappa shape index (κ1) is 16.6. The molecule has 1 aromatic carbocycles. The van der Waals surface area contributed by atoms with Crippen molar-refractivity contribution in [1.29, 1.82) is 0 Å². The summed E-state index contributed by atoms with van der Waals surface area (Å²) in [7, 11) is 0. The molecule has 0 spiro atoms. The number of hydrogen-bond donors (Lipinski definition) is 1. The summed E-state index contributed by atoms with van der Waals surface area (Å²) in [4.78, 5) is 11.9. The number of carbonyl (C=O) groups is 1. The Labute approximate surface area is 161 Å². The summed E-state index contributed by atoms with van der Waals surface area (Å²) in [6.07, 6.45) is 3.86. The third kappa shape index (κ3) is 2.73. The SMILES string of the molecule is O=C1N[C@@H]2C[C@@H](OCc3c(-c4c(Cl)cccc4Cl)noc3C3CC3)[C@H]1C2. The smallest absolute Gasteiger partial charge is 0.226 e. The second kappa shape index (κ2) is 6.25. The topological polar surface area (TPSA) is 64.4 Å². The van der Waals surface area contributed by atoms with Gasteiger partial charge in [-0.15, -0.1) is 0 Å². The van der Waals surface area contributed by atoms with E-state index in [1.54, 1.807) is 18.2 Å². The predicted molar refractivity (Wildman–Crippen MR) is 97.2 cm³/mol. The van der Waals surface area contributed by atoms with Gasteiger partial charge in [-0.1, -0.05) is 34.4 Å². The lowest BCUT2D eigenvalue weighted by atomic mass is 10.0. The lowest BCUT2D eigenvalue weighted by Gasteiger charge is -2.22. The molecule has 2 bridgehead atoms. The zero-order valence-corrected chi connectivity index (χ0v) is 15.5. The highest BCUT2D eigenvalue weighted by molar-refractivity contribution is 6.39. The van der Waals surface area contributed by atoms with E-state index in [1.807, 2.05) is 0 Å². The van der Waals surface area contributed by atoms with Gasteiger partial charge in [0.05, 0.1) is 28.7 Å². The van der Waals surface area contributed by atoms with E-state index in [1.165, 1.54) is 0 Å². The number of fused-ring (bicyclic) bond motifs is 2. The van der Waals surface area contributed by atoms with Crippen LogP contribution in [0.25, 0.3) is 11.3 Å². The van der Waals surface area contributed by atoms with Crippen LogP contribution in [0.2, 0.25) is 10.0 Å². The van der Waals surface area contributed by atoms with E-state index in [2.05, 4.69) is 10.5 Å². The number of rotatable bonds is 5. The standard InChI is InChI=1S/C19H18Cl2N2O3/c20-13-2-1-3-14(21)16(13)17-12(18(26-23-17)9-4-5-9)8-25-15-7-10-6-11(15)19(24)22-10/h1-3,9-11,15H,4-8H2,(H,22,24)/t10-,11+,15+/m0/s1. The number of halogens is 2. The van der Waals surface area contributed by atoms with Crippen LogP contribution in [-0.4, -0.2) is 23.2 Å². The second-order valence-corrected chi connectivity index (χ2v) is 8.19. The van der Waals surface area contributed by atoms with Crippen LogP contribution < -0.4 is 5.32 Å². The molecule has 0 radical (unpaired) electrons. The number of benzene rings is 1. The fourth-order valence-electron chi connectivity index (χ4n) is 4.12. The average Bonchev–Trinajstić information content (AvgIpc) is 3.09. The summed E-state index contributed by atoms with van der Waals surface area (Å²) in [6, 6.07) is 5.64. The molecular weight excluding hydrogens is 375 g/mol. The molecule has 1 N–H and O–H groups in total. The normalized spacial score (nSPS) is 27.2. The van der Waals surface area contributed by atoms with Crippen LogP contribution in [0.1, 0.15) is 42.9 Å². The van der Waals surface area contributed by atoms with Crippen molar-refractivity contribution < 1.29 is 14.1 Å². The maximum atomic E-state index is 11.9. The van der Waals surface area contributed by atoms with Crippen LogP contribution in [0, 0.1) is 5.92 Å². The van der Waals surface area contributed by atoms with Crippen LogP contribution >= 0.6 is 23.2 Å². The Kier molecular flexibility index (Phi) is 3.99. The molecule has 1 amide bonds. The molecule has 2 heterocycles. The number of amides is 1. The first-order valence-electron chi connectivity index (χ1n) is 8.96. The van der Waals surface area contributed by atoms with Crippen LogP contribution in [0.4, 0.5) is 0 Å². The summed E-state index contributed by atoms with van der Waals surface area (Å²) in [6.45, 7) is 0.355. The van der Waals surface area contributed by atoms with Crippen LogP contribution in [-0.2, 0) is 16.1 Å². The Morgan fingerprint density at radius 1 is 1.23 bits per heavy atom. The minimum Gasteiger partial charge on any atom is -0.372 e. The molecule has 0 unspecified atom stereocenters. The first-order chi connectivity index (χ1) is 12.6. The van der Waals surface area contributed by atoms with Crippen molar-refractivity contribution in [3.63, 3.8) is 0 Å². The molecule has 3 atom stereocenters. The monoisotopic (exact) mass is 392 g/mol. The van der Waals surface area contributed by atoms with E-state index in [0.29, 0.717) is 33.8 Å². The Hall–Kier alpha value is -1.56. The van der Waals surface area contributed by atoms with Gasteiger partial charge in [-0.25, -0.2) is 0 Å². The Morgan fingerprint density at radius 2 is 2.00 bits per heavy atom. The highest BCUT2D eigenvalue weighted by Crippen LogP contribution is 2.46. The Morgan fingerprint density at radius 3 is 2.65 bits per heavy atom. The van der Waals surface area contributed by atoms with Crippen molar-refractivity contribution in [3.8, 4) is 11.3 Å². The zero-order valence-electron chi connectivity index (χ0n) is 14.0. The summed E-state index contributed by atoms with van der Waals surface area (Å²) >= 11 is 12.8. The molecular formula is C19H18Cl2N2O3. The fraction of sp³-hybridized carbons (Fsp3) is 0.474. The molecule has 2 saturated carbocycles. The highest BCUT2D eigenvalue weighted by atomic mass is 35.5. The lowest BCUT2D eigenvalue weighted by molar-refractivity contribution is -0.129. The number of aromatic nitrogens is 1. The quantitative estimate of drug-likeness (QED) is 0.822. The van der Waals surface area contributed by atoms with E-state index in [0.717, 1.165) is 37.0 Å². The molecule has 1 saturated heterocycles. The summed E-state index contributed by atoms with van der Waals surface area (Å²) in [5.41, 5.74) is 2.23. The maximum absolute atomic E-state index is 11.9. The lowest BCUT2D eigenvalue weighted by Crippen LogP contribution is -2.39. The van der Waals surface area contributed by atoms with Gasteiger partial charge in [-0.05, 0) is 37.8 Å². The largest absolute Gasteiger partial charge is 0.372 e. The van der Waals surface area contributed by atoms with E-state index in [4.69, 9.17) is 32.5 Å². The molecule has 2 aromatic rings. The van der Waals surface area contributed by atoms with Crippen molar-refractivity contribution in [1.82, 2.24) is 10.5 Å². The van der Waals surface area contributed by atoms with Crippen molar-refractivity contribution in [3.05, 3.63) is 39.6 Å². The number of ether oxygens (including phenoxy) is 1. The predicted octanol–water partition coefficient (Wildman–Crippen LogP) is 4.32. The average molecular weight is 393 g/mol. The summed E-state index contributed by atoms with van der Waals surface area (Å²) in [5, 5.41) is 8.33. The van der Waals surface area contributed by atoms with E-state index >= 15 is 0 Å². The van der Waals surface area contributed by atoms with Crippen LogP contribution in [0.3, 0.4) is 0 Å². The van der Waals surface area contributed by atoms with Gasteiger partial charge in [0, 0.05) is 23.1 Å². The van der Waals surface area contributed by atoms with Crippen LogP contribution in [0.15, 0.2) is 22.7 Å². The van der Waals surface area contributed by atoms with Gasteiger partial charge in [0.25, 0.3) is 0 Å². The summed E-state index contributed by atoms with van der Waals surface area (Å²) < 4.78 is 11.8. The minimum atomic E-state index is -0.0507. The van der Waals surface area contributed by atoms with E-state index < -0.39 is 0 Å². The second-order valence-electron chi connectivity index (χ2n) is 7.38. The van der Waals surface area contributed by atoms with Gasteiger partial charge in [-0.2, -0.15) is 0 Å². The van der Waals surface area contributed by atoms with Crippen molar-refractivity contribution in [2.75, 3.05) is 0 Å². The number of piperidine rings is 1. The molecule has 3 fully saturated rings. The molecule has 7 heteroatoms. The maximum Gasteiger partial charge on any atom is 0.226 e.